The van der Waals surface area contributed by atoms with Crippen molar-refractivity contribution in [1.29, 1.82) is 0 Å². The molecule has 15 heavy (non-hydrogen) atoms. The van der Waals surface area contributed by atoms with Crippen LogP contribution in [0.2, 0.25) is 0 Å². The normalized spacial score (nSPS) is 42.2. The zero-order valence-electron chi connectivity index (χ0n) is 9.13. The van der Waals surface area contributed by atoms with Gasteiger partial charge in [-0.2, -0.15) is 0 Å². The molecule has 0 spiro atoms. The SMILES string of the molecule is CC(C)[C@@H]1OC(CO)CC(O)(CO)C1O. The quantitative estimate of drug-likeness (QED) is 0.483. The van der Waals surface area contributed by atoms with Gasteiger partial charge in [0.25, 0.3) is 0 Å². The number of rotatable bonds is 3. The number of aliphatic hydroxyl groups excluding tert-OH is 3. The molecule has 4 N–H and O–H groups in total. The summed E-state index contributed by atoms with van der Waals surface area (Å²) in [6.07, 6.45) is -2.17. The van der Waals surface area contributed by atoms with E-state index in [2.05, 4.69) is 0 Å². The Balaban J connectivity index is 2.83. The van der Waals surface area contributed by atoms with E-state index in [1.807, 2.05) is 13.8 Å². The highest BCUT2D eigenvalue weighted by molar-refractivity contribution is 4.98. The highest BCUT2D eigenvalue weighted by Crippen LogP contribution is 2.32. The first kappa shape index (κ1) is 12.9. The van der Waals surface area contributed by atoms with Crippen molar-refractivity contribution < 1.29 is 25.2 Å². The molecule has 1 heterocycles. The second-order valence-electron chi connectivity index (χ2n) is 4.56. The molecule has 0 amide bonds. The van der Waals surface area contributed by atoms with E-state index in [4.69, 9.17) is 14.9 Å². The molecule has 1 aliphatic rings. The average Bonchev–Trinajstić information content (AvgIpc) is 2.21. The van der Waals surface area contributed by atoms with Crippen molar-refractivity contribution in [1.82, 2.24) is 0 Å². The Hall–Kier alpha value is -0.200. The van der Waals surface area contributed by atoms with Gasteiger partial charge in [-0.15, -0.1) is 0 Å². The summed E-state index contributed by atoms with van der Waals surface area (Å²) >= 11 is 0. The van der Waals surface area contributed by atoms with Crippen LogP contribution in [-0.2, 0) is 4.74 Å². The van der Waals surface area contributed by atoms with Crippen molar-refractivity contribution in [2.24, 2.45) is 5.92 Å². The lowest BCUT2D eigenvalue weighted by Gasteiger charge is -2.45. The minimum atomic E-state index is -1.57. The predicted octanol–water partition coefficient (Wildman–Crippen LogP) is -1.12. The molecule has 0 aromatic rings. The molecule has 0 aromatic carbocycles. The molecule has 1 saturated heterocycles. The van der Waals surface area contributed by atoms with Gasteiger partial charge >= 0.3 is 0 Å². The molecule has 1 aliphatic heterocycles. The van der Waals surface area contributed by atoms with Crippen LogP contribution in [0.25, 0.3) is 0 Å². The summed E-state index contributed by atoms with van der Waals surface area (Å²) in [5, 5.41) is 37.9. The Kier molecular flexibility index (Phi) is 4.08. The molecule has 1 rings (SSSR count). The summed E-state index contributed by atoms with van der Waals surface area (Å²) in [5.74, 6) is 0.00687. The number of hydrogen-bond donors (Lipinski definition) is 4. The minimum Gasteiger partial charge on any atom is -0.394 e. The van der Waals surface area contributed by atoms with E-state index < -0.39 is 30.5 Å². The standard InChI is InChI=1S/C10H20O5/c1-6(2)8-9(13)10(14,5-12)3-7(4-11)15-8/h6-9,11-14H,3-5H2,1-2H3/t7?,8-,9?,10?/m0/s1. The van der Waals surface area contributed by atoms with Crippen molar-refractivity contribution in [3.05, 3.63) is 0 Å². The first-order chi connectivity index (χ1) is 6.94. The van der Waals surface area contributed by atoms with Gasteiger partial charge in [0.15, 0.2) is 0 Å². The van der Waals surface area contributed by atoms with Gasteiger partial charge in [-0.3, -0.25) is 0 Å². The van der Waals surface area contributed by atoms with Gasteiger partial charge < -0.3 is 25.2 Å². The zero-order chi connectivity index (χ0) is 11.6. The molecule has 1 fully saturated rings. The molecule has 0 aromatic heterocycles. The van der Waals surface area contributed by atoms with Crippen LogP contribution in [0.4, 0.5) is 0 Å². The first-order valence-corrected chi connectivity index (χ1v) is 5.22. The van der Waals surface area contributed by atoms with Crippen LogP contribution in [0.15, 0.2) is 0 Å². The third-order valence-electron chi connectivity index (χ3n) is 2.93. The minimum absolute atomic E-state index is 0.00687. The van der Waals surface area contributed by atoms with Crippen molar-refractivity contribution in [2.75, 3.05) is 13.2 Å². The van der Waals surface area contributed by atoms with E-state index in [0.717, 1.165) is 0 Å². The van der Waals surface area contributed by atoms with Crippen LogP contribution in [0.5, 0.6) is 0 Å². The van der Waals surface area contributed by atoms with Gasteiger partial charge in [-0.1, -0.05) is 13.8 Å². The van der Waals surface area contributed by atoms with E-state index in [9.17, 15) is 10.2 Å². The van der Waals surface area contributed by atoms with E-state index in [1.54, 1.807) is 0 Å². The smallest absolute Gasteiger partial charge is 0.119 e. The second kappa shape index (κ2) is 4.76. The summed E-state index contributed by atoms with van der Waals surface area (Å²) in [7, 11) is 0. The maximum atomic E-state index is 9.98. The van der Waals surface area contributed by atoms with Gasteiger partial charge in [0.05, 0.1) is 25.4 Å². The fourth-order valence-corrected chi connectivity index (χ4v) is 1.95. The lowest BCUT2D eigenvalue weighted by atomic mass is 9.81. The lowest BCUT2D eigenvalue weighted by molar-refractivity contribution is -0.241. The van der Waals surface area contributed by atoms with Crippen LogP contribution >= 0.6 is 0 Å². The van der Waals surface area contributed by atoms with Gasteiger partial charge in [0.1, 0.15) is 11.7 Å². The predicted molar refractivity (Wildman–Crippen MR) is 53.2 cm³/mol. The van der Waals surface area contributed by atoms with E-state index >= 15 is 0 Å². The summed E-state index contributed by atoms with van der Waals surface area (Å²) < 4.78 is 5.44. The number of aliphatic hydroxyl groups is 4. The second-order valence-corrected chi connectivity index (χ2v) is 4.56. The Bertz CT molecular complexity index is 208. The van der Waals surface area contributed by atoms with Crippen LogP contribution in [0.3, 0.4) is 0 Å². The Morgan fingerprint density at radius 1 is 1.40 bits per heavy atom. The Labute approximate surface area is 89.3 Å². The van der Waals surface area contributed by atoms with Crippen LogP contribution in [0.1, 0.15) is 20.3 Å². The van der Waals surface area contributed by atoms with Gasteiger partial charge in [-0.25, -0.2) is 0 Å². The summed E-state index contributed by atoms with van der Waals surface area (Å²) in [6.45, 7) is 2.95. The Morgan fingerprint density at radius 2 is 2.00 bits per heavy atom. The summed E-state index contributed by atoms with van der Waals surface area (Å²) in [6, 6.07) is 0. The summed E-state index contributed by atoms with van der Waals surface area (Å²) in [5.41, 5.74) is -1.57. The van der Waals surface area contributed by atoms with Crippen molar-refractivity contribution in [3.8, 4) is 0 Å². The molecule has 0 bridgehead atoms. The topological polar surface area (TPSA) is 90.2 Å². The van der Waals surface area contributed by atoms with E-state index in [-0.39, 0.29) is 18.9 Å². The molecule has 0 saturated carbocycles. The Morgan fingerprint density at radius 3 is 2.40 bits per heavy atom. The third kappa shape index (κ3) is 2.49. The van der Waals surface area contributed by atoms with Gasteiger partial charge in [0.2, 0.25) is 0 Å². The molecular weight excluding hydrogens is 200 g/mol. The maximum Gasteiger partial charge on any atom is 0.119 e. The third-order valence-corrected chi connectivity index (χ3v) is 2.93. The number of hydrogen-bond acceptors (Lipinski definition) is 5. The maximum absolute atomic E-state index is 9.98. The lowest BCUT2D eigenvalue weighted by Crippen LogP contribution is -2.61. The van der Waals surface area contributed by atoms with Gasteiger partial charge in [0, 0.05) is 6.42 Å². The largest absolute Gasteiger partial charge is 0.394 e. The fourth-order valence-electron chi connectivity index (χ4n) is 1.95. The molecule has 0 aliphatic carbocycles. The van der Waals surface area contributed by atoms with Crippen LogP contribution in [0, 0.1) is 5.92 Å². The molecule has 4 atom stereocenters. The number of ether oxygens (including phenoxy) is 1. The monoisotopic (exact) mass is 220 g/mol. The van der Waals surface area contributed by atoms with E-state index in [0.29, 0.717) is 0 Å². The zero-order valence-corrected chi connectivity index (χ0v) is 9.13. The van der Waals surface area contributed by atoms with Gasteiger partial charge in [-0.05, 0) is 5.92 Å². The van der Waals surface area contributed by atoms with Crippen molar-refractivity contribution >= 4 is 0 Å². The van der Waals surface area contributed by atoms with Crippen LogP contribution < -0.4 is 0 Å². The molecule has 5 heteroatoms. The van der Waals surface area contributed by atoms with Crippen molar-refractivity contribution in [2.45, 2.75) is 44.2 Å². The molecule has 90 valence electrons. The molecule has 3 unspecified atom stereocenters. The summed E-state index contributed by atoms with van der Waals surface area (Å²) in [4.78, 5) is 0. The van der Waals surface area contributed by atoms with Crippen LogP contribution in [-0.4, -0.2) is 57.6 Å². The highest BCUT2D eigenvalue weighted by atomic mass is 16.5. The van der Waals surface area contributed by atoms with Crippen molar-refractivity contribution in [3.63, 3.8) is 0 Å². The molecular formula is C10H20O5. The molecule has 5 nitrogen and oxygen atoms in total. The highest BCUT2D eigenvalue weighted by Gasteiger charge is 2.48. The van der Waals surface area contributed by atoms with E-state index in [1.165, 1.54) is 0 Å². The molecule has 0 radical (unpaired) electrons. The fraction of sp³-hybridized carbons (Fsp3) is 1.00. The first-order valence-electron chi connectivity index (χ1n) is 5.22. The average molecular weight is 220 g/mol.